The van der Waals surface area contributed by atoms with Crippen molar-refractivity contribution in [3.05, 3.63) is 52.9 Å². The molecule has 0 fully saturated rings. The summed E-state index contributed by atoms with van der Waals surface area (Å²) >= 11 is 10.7. The molecule has 1 heterocycles. The van der Waals surface area contributed by atoms with Crippen LogP contribution in [0.2, 0.25) is 5.02 Å². The molecule has 1 amide bonds. The van der Waals surface area contributed by atoms with Crippen LogP contribution in [0.1, 0.15) is 20.9 Å². The van der Waals surface area contributed by atoms with Gasteiger partial charge in [0.05, 0.1) is 17.5 Å². The topological polar surface area (TPSA) is 91.6 Å². The summed E-state index contributed by atoms with van der Waals surface area (Å²) in [6.07, 6.45) is 1.35. The van der Waals surface area contributed by atoms with E-state index in [1.54, 1.807) is 6.07 Å². The van der Waals surface area contributed by atoms with E-state index in [4.69, 9.17) is 33.3 Å². The van der Waals surface area contributed by atoms with Crippen LogP contribution < -0.4 is 10.6 Å². The highest BCUT2D eigenvalue weighted by atomic mass is 35.5. The molecular weight excluding hydrogens is 316 g/mol. The molecule has 0 bridgehead atoms. The fourth-order valence-electron chi connectivity index (χ4n) is 1.53. The van der Waals surface area contributed by atoms with E-state index in [2.05, 4.69) is 10.6 Å². The summed E-state index contributed by atoms with van der Waals surface area (Å²) < 4.78 is 4.91. The number of hydrogen-bond donors (Lipinski definition) is 3. The minimum absolute atomic E-state index is 0.0544. The molecule has 0 spiro atoms. The van der Waals surface area contributed by atoms with Crippen molar-refractivity contribution >= 4 is 46.5 Å². The molecule has 0 saturated heterocycles. The second-order valence-electron chi connectivity index (χ2n) is 3.88. The van der Waals surface area contributed by atoms with E-state index < -0.39 is 11.9 Å². The van der Waals surface area contributed by atoms with Gasteiger partial charge in [0.25, 0.3) is 5.91 Å². The van der Waals surface area contributed by atoms with E-state index in [1.807, 2.05) is 0 Å². The molecule has 0 unspecified atom stereocenters. The first-order valence-corrected chi connectivity index (χ1v) is 6.44. The van der Waals surface area contributed by atoms with Crippen molar-refractivity contribution in [3.8, 4) is 0 Å². The number of carboxylic acid groups (broad SMARTS) is 1. The van der Waals surface area contributed by atoms with Gasteiger partial charge >= 0.3 is 5.97 Å². The quantitative estimate of drug-likeness (QED) is 0.752. The number of benzene rings is 1. The average Bonchev–Trinajstić information content (AvgIpc) is 2.94. The number of nitrogens with one attached hydrogen (secondary N) is 2. The Balaban J connectivity index is 2.10. The number of aromatic carboxylic acids is 1. The lowest BCUT2D eigenvalue weighted by molar-refractivity contribution is 0.0698. The molecule has 1 aromatic heterocycles. The predicted molar refractivity (Wildman–Crippen MR) is 80.8 cm³/mol. The molecule has 3 N–H and O–H groups in total. The SMILES string of the molecule is O=C(NC(=S)Nc1ccc(Cl)cc1C(=O)O)c1ccco1. The van der Waals surface area contributed by atoms with Gasteiger partial charge in [0.15, 0.2) is 10.9 Å². The number of halogens is 1. The normalized spacial score (nSPS) is 9.95. The van der Waals surface area contributed by atoms with E-state index in [1.165, 1.54) is 30.5 Å². The molecule has 2 rings (SSSR count). The molecule has 6 nitrogen and oxygen atoms in total. The van der Waals surface area contributed by atoms with Crippen molar-refractivity contribution in [2.45, 2.75) is 0 Å². The summed E-state index contributed by atoms with van der Waals surface area (Å²) in [5.74, 6) is -1.61. The summed E-state index contributed by atoms with van der Waals surface area (Å²) in [6.45, 7) is 0. The van der Waals surface area contributed by atoms with Crippen LogP contribution in [0.15, 0.2) is 41.0 Å². The Hall–Kier alpha value is -2.38. The van der Waals surface area contributed by atoms with Gasteiger partial charge in [-0.05, 0) is 42.5 Å². The molecule has 2 aromatic rings. The van der Waals surface area contributed by atoms with E-state index in [9.17, 15) is 9.59 Å². The summed E-state index contributed by atoms with van der Waals surface area (Å²) in [5.41, 5.74) is 0.161. The fourth-order valence-corrected chi connectivity index (χ4v) is 1.90. The number of furan rings is 1. The molecule has 8 heteroatoms. The molecule has 0 atom stereocenters. The Morgan fingerprint density at radius 2 is 2.05 bits per heavy atom. The van der Waals surface area contributed by atoms with E-state index in [-0.39, 0.29) is 27.1 Å². The Kier molecular flexibility index (Phi) is 4.56. The summed E-state index contributed by atoms with van der Waals surface area (Å²) in [7, 11) is 0. The molecule has 108 valence electrons. The average molecular weight is 325 g/mol. The van der Waals surface area contributed by atoms with Gasteiger partial charge in [-0.1, -0.05) is 11.6 Å². The molecule has 0 aliphatic carbocycles. The van der Waals surface area contributed by atoms with Gasteiger partial charge in [0, 0.05) is 5.02 Å². The zero-order valence-corrected chi connectivity index (χ0v) is 12.0. The van der Waals surface area contributed by atoms with Gasteiger partial charge < -0.3 is 14.8 Å². The lowest BCUT2D eigenvalue weighted by Crippen LogP contribution is -2.34. The van der Waals surface area contributed by atoms with Crippen molar-refractivity contribution in [2.24, 2.45) is 0 Å². The van der Waals surface area contributed by atoms with Crippen LogP contribution >= 0.6 is 23.8 Å². The predicted octanol–water partition coefficient (Wildman–Crippen LogP) is 2.76. The lowest BCUT2D eigenvalue weighted by atomic mass is 10.2. The highest BCUT2D eigenvalue weighted by Crippen LogP contribution is 2.20. The van der Waals surface area contributed by atoms with Crippen molar-refractivity contribution in [1.82, 2.24) is 5.32 Å². The minimum atomic E-state index is -1.17. The van der Waals surface area contributed by atoms with Gasteiger partial charge in [-0.15, -0.1) is 0 Å². The number of anilines is 1. The maximum absolute atomic E-state index is 11.7. The van der Waals surface area contributed by atoms with Crippen LogP contribution in [-0.4, -0.2) is 22.1 Å². The zero-order chi connectivity index (χ0) is 15.4. The first kappa shape index (κ1) is 15.0. The van der Waals surface area contributed by atoms with Crippen LogP contribution in [0.5, 0.6) is 0 Å². The Morgan fingerprint density at radius 1 is 1.29 bits per heavy atom. The smallest absolute Gasteiger partial charge is 0.337 e. The Bertz CT molecular complexity index is 700. The number of carbonyl (C=O) groups excluding carboxylic acids is 1. The van der Waals surface area contributed by atoms with Crippen LogP contribution in [0.25, 0.3) is 0 Å². The Labute approximate surface area is 129 Å². The van der Waals surface area contributed by atoms with Crippen LogP contribution in [0.3, 0.4) is 0 Å². The third-order valence-electron chi connectivity index (χ3n) is 2.43. The van der Waals surface area contributed by atoms with Gasteiger partial charge in [0.2, 0.25) is 0 Å². The fraction of sp³-hybridized carbons (Fsp3) is 0. The van der Waals surface area contributed by atoms with Gasteiger partial charge in [0.1, 0.15) is 0 Å². The molecule has 0 radical (unpaired) electrons. The van der Waals surface area contributed by atoms with Crippen molar-refractivity contribution in [3.63, 3.8) is 0 Å². The zero-order valence-electron chi connectivity index (χ0n) is 10.4. The number of thiocarbonyl (C=S) groups is 1. The van der Waals surface area contributed by atoms with Crippen LogP contribution in [0.4, 0.5) is 5.69 Å². The van der Waals surface area contributed by atoms with E-state index in [0.717, 1.165) is 0 Å². The molecule has 21 heavy (non-hydrogen) atoms. The monoisotopic (exact) mass is 324 g/mol. The van der Waals surface area contributed by atoms with Gasteiger partial charge in [-0.2, -0.15) is 0 Å². The standard InChI is InChI=1S/C13H9ClN2O4S/c14-7-3-4-9(8(6-7)12(18)19)15-13(21)16-11(17)10-2-1-5-20-10/h1-6H,(H,18,19)(H2,15,16,17,21). The number of amides is 1. The Morgan fingerprint density at radius 3 is 2.67 bits per heavy atom. The van der Waals surface area contributed by atoms with E-state index >= 15 is 0 Å². The van der Waals surface area contributed by atoms with Crippen molar-refractivity contribution in [2.75, 3.05) is 5.32 Å². The summed E-state index contributed by atoms with van der Waals surface area (Å²) in [4.78, 5) is 22.8. The molecule has 0 saturated carbocycles. The van der Waals surface area contributed by atoms with E-state index in [0.29, 0.717) is 0 Å². The highest BCUT2D eigenvalue weighted by molar-refractivity contribution is 7.80. The number of hydrogen-bond acceptors (Lipinski definition) is 4. The third-order valence-corrected chi connectivity index (χ3v) is 2.87. The largest absolute Gasteiger partial charge is 0.478 e. The first-order chi connectivity index (χ1) is 9.97. The van der Waals surface area contributed by atoms with Crippen LogP contribution in [-0.2, 0) is 0 Å². The lowest BCUT2D eigenvalue weighted by Gasteiger charge is -2.11. The second-order valence-corrected chi connectivity index (χ2v) is 4.73. The molecular formula is C13H9ClN2O4S. The molecule has 0 aliphatic rings. The van der Waals surface area contributed by atoms with Gasteiger partial charge in [-0.3, -0.25) is 10.1 Å². The highest BCUT2D eigenvalue weighted by Gasteiger charge is 2.14. The van der Waals surface area contributed by atoms with Crippen molar-refractivity contribution in [1.29, 1.82) is 0 Å². The van der Waals surface area contributed by atoms with Gasteiger partial charge in [-0.25, -0.2) is 4.79 Å². The number of carboxylic acids is 1. The van der Waals surface area contributed by atoms with Crippen LogP contribution in [0, 0.1) is 0 Å². The molecule has 1 aromatic carbocycles. The summed E-state index contributed by atoms with van der Waals surface area (Å²) in [6, 6.07) is 7.28. The maximum atomic E-state index is 11.7. The van der Waals surface area contributed by atoms with Crippen molar-refractivity contribution < 1.29 is 19.1 Å². The maximum Gasteiger partial charge on any atom is 0.337 e. The second kappa shape index (κ2) is 6.38. The third kappa shape index (κ3) is 3.80. The minimum Gasteiger partial charge on any atom is -0.478 e. The summed E-state index contributed by atoms with van der Waals surface area (Å²) in [5, 5.41) is 14.3. The number of carbonyl (C=O) groups is 2. The first-order valence-electron chi connectivity index (χ1n) is 5.66. The molecule has 0 aliphatic heterocycles. The number of rotatable bonds is 3.